The summed E-state index contributed by atoms with van der Waals surface area (Å²) in [5, 5.41) is 8.86. The monoisotopic (exact) mass is 274 g/mol. The van der Waals surface area contributed by atoms with Gasteiger partial charge in [-0.3, -0.25) is 0 Å². The molecule has 0 fully saturated rings. The predicted octanol–water partition coefficient (Wildman–Crippen LogP) is 3.72. The van der Waals surface area contributed by atoms with Gasteiger partial charge in [0.25, 0.3) is 0 Å². The van der Waals surface area contributed by atoms with Crippen molar-refractivity contribution in [2.24, 2.45) is 0 Å². The zero-order chi connectivity index (χ0) is 14.7. The average Bonchev–Trinajstić information content (AvgIpc) is 2.39. The number of ether oxygens (including phenoxy) is 1. The molecule has 3 nitrogen and oxygen atoms in total. The van der Waals surface area contributed by atoms with Gasteiger partial charge in [0.15, 0.2) is 0 Å². The first-order chi connectivity index (χ1) is 9.45. The molecule has 2 aromatic rings. The highest BCUT2D eigenvalue weighted by Crippen LogP contribution is 2.19. The summed E-state index contributed by atoms with van der Waals surface area (Å²) in [6.07, 6.45) is 0. The summed E-state index contributed by atoms with van der Waals surface area (Å²) < 4.78 is 18.7. The molecule has 0 aliphatic heterocycles. The van der Waals surface area contributed by atoms with Crippen LogP contribution in [0.3, 0.4) is 0 Å². The Morgan fingerprint density at radius 3 is 2.55 bits per heavy atom. The molecule has 0 spiro atoms. The van der Waals surface area contributed by atoms with Crippen molar-refractivity contribution in [3.63, 3.8) is 0 Å². The number of benzene rings is 2. The first-order valence-electron chi connectivity index (χ1n) is 6.18. The van der Waals surface area contributed by atoms with E-state index in [2.05, 4.69) is 0 Å². The van der Waals surface area contributed by atoms with Crippen molar-refractivity contribution >= 4 is 5.97 Å². The number of aryl methyl sites for hydroxylation is 2. The molecule has 20 heavy (non-hydrogen) atoms. The van der Waals surface area contributed by atoms with E-state index >= 15 is 0 Å². The molecule has 0 heterocycles. The molecule has 0 saturated carbocycles. The van der Waals surface area contributed by atoms with Gasteiger partial charge in [-0.25, -0.2) is 9.18 Å². The highest BCUT2D eigenvalue weighted by atomic mass is 19.1. The zero-order valence-corrected chi connectivity index (χ0v) is 11.3. The zero-order valence-electron chi connectivity index (χ0n) is 11.3. The van der Waals surface area contributed by atoms with Gasteiger partial charge in [0.1, 0.15) is 18.2 Å². The Hall–Kier alpha value is -2.36. The second-order valence-electron chi connectivity index (χ2n) is 4.69. The van der Waals surface area contributed by atoms with Gasteiger partial charge >= 0.3 is 5.97 Å². The van der Waals surface area contributed by atoms with E-state index in [0.29, 0.717) is 0 Å². The number of carbonyl (C=O) groups is 1. The molecule has 0 amide bonds. The number of carboxylic acids is 1. The van der Waals surface area contributed by atoms with Crippen molar-refractivity contribution in [2.75, 3.05) is 0 Å². The van der Waals surface area contributed by atoms with E-state index in [1.54, 1.807) is 0 Å². The molecule has 104 valence electrons. The van der Waals surface area contributed by atoms with Crippen molar-refractivity contribution in [1.29, 1.82) is 0 Å². The van der Waals surface area contributed by atoms with Gasteiger partial charge in [0.2, 0.25) is 0 Å². The molecule has 0 unspecified atom stereocenters. The minimum atomic E-state index is -1.18. The third-order valence-electron chi connectivity index (χ3n) is 3.10. The maximum absolute atomic E-state index is 13.3. The fraction of sp³-hybridized carbons (Fsp3) is 0.188. The Bertz CT molecular complexity index is 650. The van der Waals surface area contributed by atoms with E-state index in [9.17, 15) is 9.18 Å². The van der Waals surface area contributed by atoms with E-state index in [4.69, 9.17) is 9.84 Å². The lowest BCUT2D eigenvalue weighted by Gasteiger charge is -2.09. The maximum Gasteiger partial charge on any atom is 0.335 e. The fourth-order valence-corrected chi connectivity index (χ4v) is 1.83. The summed E-state index contributed by atoms with van der Waals surface area (Å²) in [7, 11) is 0. The lowest BCUT2D eigenvalue weighted by Crippen LogP contribution is -2.01. The Balaban J connectivity index is 2.14. The van der Waals surface area contributed by atoms with Crippen LogP contribution in [0.15, 0.2) is 36.4 Å². The van der Waals surface area contributed by atoms with Crippen LogP contribution in [0.25, 0.3) is 0 Å². The fourth-order valence-electron chi connectivity index (χ4n) is 1.83. The number of hydrogen-bond acceptors (Lipinski definition) is 2. The first-order valence-corrected chi connectivity index (χ1v) is 6.18. The third-order valence-corrected chi connectivity index (χ3v) is 3.10. The molecule has 0 aromatic heterocycles. The Kier molecular flexibility index (Phi) is 4.03. The maximum atomic E-state index is 13.3. The van der Waals surface area contributed by atoms with E-state index in [1.807, 2.05) is 32.0 Å². The van der Waals surface area contributed by atoms with Gasteiger partial charge < -0.3 is 9.84 Å². The number of aromatic carboxylic acids is 1. The number of rotatable bonds is 4. The Morgan fingerprint density at radius 2 is 1.90 bits per heavy atom. The lowest BCUT2D eigenvalue weighted by molar-refractivity contribution is 0.0695. The van der Waals surface area contributed by atoms with Gasteiger partial charge in [0.05, 0.1) is 5.56 Å². The second-order valence-corrected chi connectivity index (χ2v) is 4.69. The van der Waals surface area contributed by atoms with Crippen molar-refractivity contribution in [2.45, 2.75) is 20.5 Å². The Labute approximate surface area is 116 Å². The minimum absolute atomic E-state index is 0.125. The number of carboxylic acid groups (broad SMARTS) is 1. The lowest BCUT2D eigenvalue weighted by atomic mass is 10.1. The van der Waals surface area contributed by atoms with Crippen molar-refractivity contribution < 1.29 is 19.0 Å². The molecule has 4 heteroatoms. The third kappa shape index (κ3) is 3.35. The van der Waals surface area contributed by atoms with Crippen LogP contribution in [0.2, 0.25) is 0 Å². The molecule has 0 radical (unpaired) electrons. The number of halogens is 1. The van der Waals surface area contributed by atoms with Crippen LogP contribution in [-0.4, -0.2) is 11.1 Å². The standard InChI is InChI=1S/C16H15FO3/c1-10-3-4-12(5-11(10)2)9-20-15-7-13(16(18)19)6-14(17)8-15/h3-8H,9H2,1-2H3,(H,18,19). The highest BCUT2D eigenvalue weighted by molar-refractivity contribution is 5.88. The highest BCUT2D eigenvalue weighted by Gasteiger charge is 2.08. The van der Waals surface area contributed by atoms with E-state index in [1.165, 1.54) is 17.7 Å². The van der Waals surface area contributed by atoms with Gasteiger partial charge in [-0.15, -0.1) is 0 Å². The van der Waals surface area contributed by atoms with Crippen LogP contribution in [0.1, 0.15) is 27.0 Å². The summed E-state index contributed by atoms with van der Waals surface area (Å²) in [6.45, 7) is 4.29. The van der Waals surface area contributed by atoms with Gasteiger partial charge in [-0.2, -0.15) is 0 Å². The van der Waals surface area contributed by atoms with Gasteiger partial charge in [-0.05, 0) is 42.7 Å². The topological polar surface area (TPSA) is 46.5 Å². The van der Waals surface area contributed by atoms with Crippen molar-refractivity contribution in [1.82, 2.24) is 0 Å². The van der Waals surface area contributed by atoms with E-state index in [-0.39, 0.29) is 17.9 Å². The van der Waals surface area contributed by atoms with E-state index < -0.39 is 11.8 Å². The molecule has 1 N–H and O–H groups in total. The molecule has 0 bridgehead atoms. The molecule has 2 aromatic carbocycles. The summed E-state index contributed by atoms with van der Waals surface area (Å²) in [4.78, 5) is 10.8. The summed E-state index contributed by atoms with van der Waals surface area (Å²) in [5.41, 5.74) is 3.17. The van der Waals surface area contributed by atoms with Gasteiger partial charge in [0, 0.05) is 6.07 Å². The quantitative estimate of drug-likeness (QED) is 0.924. The molecule has 0 aliphatic carbocycles. The smallest absolute Gasteiger partial charge is 0.335 e. The summed E-state index contributed by atoms with van der Waals surface area (Å²) >= 11 is 0. The first kappa shape index (κ1) is 14.1. The average molecular weight is 274 g/mol. The molecular weight excluding hydrogens is 259 g/mol. The SMILES string of the molecule is Cc1ccc(COc2cc(F)cc(C(=O)O)c2)cc1C. The van der Waals surface area contributed by atoms with Crippen LogP contribution in [-0.2, 0) is 6.61 Å². The minimum Gasteiger partial charge on any atom is -0.489 e. The molecule has 0 aliphatic rings. The predicted molar refractivity (Wildman–Crippen MR) is 73.6 cm³/mol. The van der Waals surface area contributed by atoms with Gasteiger partial charge in [-0.1, -0.05) is 18.2 Å². The normalized spacial score (nSPS) is 10.3. The van der Waals surface area contributed by atoms with E-state index in [0.717, 1.165) is 17.2 Å². The molecule has 0 atom stereocenters. The Morgan fingerprint density at radius 1 is 1.15 bits per heavy atom. The van der Waals surface area contributed by atoms with Crippen LogP contribution in [0, 0.1) is 19.7 Å². The second kappa shape index (κ2) is 5.74. The molecule has 2 rings (SSSR count). The summed E-state index contributed by atoms with van der Waals surface area (Å²) in [6, 6.07) is 9.36. The van der Waals surface area contributed by atoms with Crippen molar-refractivity contribution in [3.8, 4) is 5.75 Å². The summed E-state index contributed by atoms with van der Waals surface area (Å²) in [5.74, 6) is -1.60. The van der Waals surface area contributed by atoms with Crippen LogP contribution < -0.4 is 4.74 Å². The van der Waals surface area contributed by atoms with Crippen LogP contribution >= 0.6 is 0 Å². The number of hydrogen-bond donors (Lipinski definition) is 1. The largest absolute Gasteiger partial charge is 0.489 e. The van der Waals surface area contributed by atoms with Crippen LogP contribution in [0.5, 0.6) is 5.75 Å². The van der Waals surface area contributed by atoms with Crippen molar-refractivity contribution in [3.05, 3.63) is 64.5 Å². The molecule has 0 saturated heterocycles. The van der Waals surface area contributed by atoms with Crippen LogP contribution in [0.4, 0.5) is 4.39 Å². The molecular formula is C16H15FO3.